The van der Waals surface area contributed by atoms with Crippen molar-refractivity contribution >= 4 is 41.4 Å². The maximum atomic E-state index is 14.3. The van der Waals surface area contributed by atoms with Gasteiger partial charge in [-0.25, -0.2) is 0 Å². The monoisotopic (exact) mass is 1580 g/mol. The summed E-state index contributed by atoms with van der Waals surface area (Å²) >= 11 is 0. The summed E-state index contributed by atoms with van der Waals surface area (Å²) in [5.74, 6) is -3.39. The molecule has 3 rings (SSSR count). The Bertz CT molecular complexity index is 2410. The van der Waals surface area contributed by atoms with Crippen LogP contribution in [0.1, 0.15) is 124 Å². The van der Waals surface area contributed by atoms with Crippen LogP contribution >= 0.6 is 0 Å². The topological polar surface area (TPSA) is 550 Å². The third-order valence-electron chi connectivity index (χ3n) is 17.5. The Balaban J connectivity index is 1.47. The molecule has 636 valence electrons. The van der Waals surface area contributed by atoms with Gasteiger partial charge in [0.2, 0.25) is 41.4 Å². The molecule has 17 atom stereocenters. The highest BCUT2D eigenvalue weighted by atomic mass is 16.7. The number of aliphatic hydroxyl groups is 9. The summed E-state index contributed by atoms with van der Waals surface area (Å²) < 4.78 is 82.9. The van der Waals surface area contributed by atoms with E-state index in [1.165, 1.54) is 46.0 Å². The maximum Gasteiger partial charge on any atom is 0.246 e. The molecule has 18 N–H and O–H groups in total. The van der Waals surface area contributed by atoms with Crippen LogP contribution in [-0.4, -0.2) is 370 Å². The average molecular weight is 1580 g/mol. The Morgan fingerprint density at radius 2 is 0.670 bits per heavy atom. The number of nitrogens with two attached hydrogens (primary N) is 1. The molecule has 0 aromatic heterocycles. The maximum absolute atomic E-state index is 14.3. The van der Waals surface area contributed by atoms with Crippen molar-refractivity contribution in [1.29, 1.82) is 0 Å². The van der Waals surface area contributed by atoms with E-state index in [-0.39, 0.29) is 164 Å². The molecule has 3 aliphatic heterocycles. The lowest BCUT2D eigenvalue weighted by molar-refractivity contribution is -0.272. The fourth-order valence-electron chi connectivity index (χ4n) is 11.5. The smallest absolute Gasteiger partial charge is 0.246 e. The Labute approximate surface area is 638 Å². The number of rotatable bonds is 66. The number of hydrogen-bond donors (Lipinski definition) is 17. The van der Waals surface area contributed by atoms with E-state index in [2.05, 4.69) is 44.1 Å². The molecular formula is C70H130N8O31. The minimum Gasteiger partial charge on any atom is -0.394 e. The molecule has 0 saturated carbocycles. The zero-order valence-electron chi connectivity index (χ0n) is 63.8. The Morgan fingerprint density at radius 1 is 0.358 bits per heavy atom. The van der Waals surface area contributed by atoms with E-state index >= 15 is 0 Å². The van der Waals surface area contributed by atoms with Gasteiger partial charge in [0.15, 0.2) is 18.9 Å². The average Bonchev–Trinajstić information content (AvgIpc) is 0.814. The van der Waals surface area contributed by atoms with E-state index < -0.39 is 166 Å². The highest BCUT2D eigenvalue weighted by Crippen LogP contribution is 2.25. The molecule has 3 aliphatic rings. The summed E-state index contributed by atoms with van der Waals surface area (Å²) in [6.45, 7) is 4.80. The van der Waals surface area contributed by atoms with Crippen molar-refractivity contribution in [2.24, 2.45) is 5.73 Å². The van der Waals surface area contributed by atoms with E-state index in [0.717, 1.165) is 32.1 Å². The van der Waals surface area contributed by atoms with Crippen LogP contribution in [0.5, 0.6) is 0 Å². The lowest BCUT2D eigenvalue weighted by Crippen LogP contribution is -2.64. The van der Waals surface area contributed by atoms with Crippen LogP contribution in [0.4, 0.5) is 0 Å². The van der Waals surface area contributed by atoms with Crippen molar-refractivity contribution < 1.29 is 151 Å². The zero-order valence-corrected chi connectivity index (χ0v) is 63.8. The van der Waals surface area contributed by atoms with E-state index in [1.807, 2.05) is 0 Å². The minimum absolute atomic E-state index is 0.00379. The summed E-state index contributed by atoms with van der Waals surface area (Å²) in [5, 5.41) is 109. The molecule has 0 bridgehead atoms. The number of amides is 7. The predicted octanol–water partition coefficient (Wildman–Crippen LogP) is -5.58. The molecule has 39 nitrogen and oxygen atoms in total. The van der Waals surface area contributed by atoms with Gasteiger partial charge in [0.1, 0.15) is 98.9 Å². The number of carbonyl (C=O) groups is 7. The Kier molecular flexibility index (Phi) is 55.8. The number of nitrogens with one attached hydrogen (secondary N) is 7. The van der Waals surface area contributed by atoms with Crippen LogP contribution in [0.2, 0.25) is 0 Å². The number of carbonyl (C=O) groups excluding carboxylic acids is 7. The minimum atomic E-state index is -1.44. The van der Waals surface area contributed by atoms with Crippen LogP contribution < -0.4 is 43.0 Å². The van der Waals surface area contributed by atoms with Crippen LogP contribution in [0.3, 0.4) is 0 Å². The SMILES string of the molecule is CCCCCCCCCCCCNC(=O)C(CCCCNC(=O)COCCOCCOCCO[C@@H]1O[C@H](CO)[C@H](O)[C@H](O)[C@H]1NC(C)=O)NC(=O)C(CCCCNC(=O)COCCOCCOCCO[C@@H]1O[C@H](CO)[C@H](O)[C@H](O)[C@H]1NC(C)=O)NC(=O)COCCOCCOCCO[C@@H]1O[C@H](CO)[C@H](O)[C@H](O)[C@H]1N. The first-order chi connectivity index (χ1) is 52.7. The molecule has 0 aliphatic carbocycles. The number of hydrogen-bond acceptors (Lipinski definition) is 32. The molecule has 109 heavy (non-hydrogen) atoms. The first-order valence-corrected chi connectivity index (χ1v) is 38.3. The molecule has 0 aromatic carbocycles. The van der Waals surface area contributed by atoms with Crippen molar-refractivity contribution in [3.63, 3.8) is 0 Å². The van der Waals surface area contributed by atoms with E-state index in [0.29, 0.717) is 32.2 Å². The van der Waals surface area contributed by atoms with Gasteiger partial charge in [-0.1, -0.05) is 64.7 Å². The molecule has 3 fully saturated rings. The highest BCUT2D eigenvalue weighted by Gasteiger charge is 2.47. The summed E-state index contributed by atoms with van der Waals surface area (Å²) in [6, 6.07) is -5.34. The predicted molar refractivity (Wildman–Crippen MR) is 384 cm³/mol. The summed E-state index contributed by atoms with van der Waals surface area (Å²) in [7, 11) is 0. The molecule has 3 heterocycles. The van der Waals surface area contributed by atoms with Crippen molar-refractivity contribution in [1.82, 2.24) is 37.2 Å². The highest BCUT2D eigenvalue weighted by molar-refractivity contribution is 5.92. The van der Waals surface area contributed by atoms with Crippen molar-refractivity contribution in [2.45, 2.75) is 228 Å². The molecule has 2 unspecified atom stereocenters. The fraction of sp³-hybridized carbons (Fsp3) is 0.900. The Morgan fingerprint density at radius 3 is 1.06 bits per heavy atom. The van der Waals surface area contributed by atoms with Crippen LogP contribution in [-0.2, 0) is 105 Å². The summed E-state index contributed by atoms with van der Waals surface area (Å²) in [6.07, 6.45) is -2.22. The molecule has 0 radical (unpaired) electrons. The zero-order chi connectivity index (χ0) is 79.8. The summed E-state index contributed by atoms with van der Waals surface area (Å²) in [5.41, 5.74) is 5.90. The number of ether oxygens (including phenoxy) is 15. The van der Waals surface area contributed by atoms with Crippen LogP contribution in [0.25, 0.3) is 0 Å². The summed E-state index contributed by atoms with van der Waals surface area (Å²) in [4.78, 5) is 90.3. The molecule has 3 saturated heterocycles. The van der Waals surface area contributed by atoms with E-state index in [4.69, 9.17) is 76.8 Å². The van der Waals surface area contributed by atoms with Gasteiger partial charge in [0.25, 0.3) is 0 Å². The van der Waals surface area contributed by atoms with E-state index in [1.54, 1.807) is 0 Å². The molecule has 0 spiro atoms. The molecule has 7 amide bonds. The second-order valence-corrected chi connectivity index (χ2v) is 26.4. The van der Waals surface area contributed by atoms with Crippen LogP contribution in [0.15, 0.2) is 0 Å². The van der Waals surface area contributed by atoms with Crippen LogP contribution in [0, 0.1) is 0 Å². The third-order valence-corrected chi connectivity index (χ3v) is 17.5. The second kappa shape index (κ2) is 61.8. The van der Waals surface area contributed by atoms with Gasteiger partial charge in [0, 0.05) is 33.5 Å². The lowest BCUT2D eigenvalue weighted by atomic mass is 9.97. The van der Waals surface area contributed by atoms with Gasteiger partial charge in [-0.15, -0.1) is 0 Å². The van der Waals surface area contributed by atoms with Gasteiger partial charge in [-0.05, 0) is 44.9 Å². The number of unbranched alkanes of at least 4 members (excludes halogenated alkanes) is 11. The van der Waals surface area contributed by atoms with Gasteiger partial charge >= 0.3 is 0 Å². The third kappa shape index (κ3) is 43.4. The largest absolute Gasteiger partial charge is 0.394 e. The van der Waals surface area contributed by atoms with Gasteiger partial charge < -0.3 is 160 Å². The molecular weight excluding hydrogens is 1450 g/mol. The van der Waals surface area contributed by atoms with Gasteiger partial charge in [-0.3, -0.25) is 33.6 Å². The molecule has 39 heteroatoms. The fourth-order valence-corrected chi connectivity index (χ4v) is 11.5. The van der Waals surface area contributed by atoms with E-state index in [9.17, 15) is 79.5 Å². The number of aliphatic hydroxyl groups excluding tert-OH is 9. The molecule has 0 aromatic rings. The van der Waals surface area contributed by atoms with Crippen molar-refractivity contribution in [3.8, 4) is 0 Å². The quantitative estimate of drug-likeness (QED) is 0.0253. The normalized spacial score (nSPS) is 24.7. The standard InChI is InChI=1S/C70H130N8O31/c1-4-5-6-7-8-9-10-11-12-15-22-74-66(93)49(18-13-16-20-72-54(84)44-101-32-29-95-24-27-99-36-39-105-69-58(75-47(2)82)64(91)61(88)52(42-80)108-69)78-67(94)50(77-56(86)46-103-34-31-97-23-26-98-35-38-104-68-57(71)63(90)60(87)51(41-79)107-68)19-14-17-21-73-55(85)45-102-33-30-96-25-28-100-37-40-106-70-59(76-48(3)83)65(92)62(89)53(43-81)109-70/h49-53,57-65,68-70,79-81,87-92H,4-46,71H2,1-3H3,(H,72,84)(H,73,85)(H,74,93)(H,75,82)(H,76,83)(H,77,86)(H,78,94)/t49?,50?,51-,52-,53-,57-,58-,59-,60+,61+,62+,63-,64-,65-,68-,69-,70-/m1/s1. The van der Waals surface area contributed by atoms with Gasteiger partial charge in [-0.2, -0.15) is 0 Å². The van der Waals surface area contributed by atoms with Gasteiger partial charge in [0.05, 0.1) is 145 Å². The lowest BCUT2D eigenvalue weighted by Gasteiger charge is -2.42. The first kappa shape index (κ1) is 98.5. The van der Waals surface area contributed by atoms with Crippen molar-refractivity contribution in [2.75, 3.05) is 178 Å². The van der Waals surface area contributed by atoms with Crippen molar-refractivity contribution in [3.05, 3.63) is 0 Å². The first-order valence-electron chi connectivity index (χ1n) is 38.3. The second-order valence-electron chi connectivity index (χ2n) is 26.4. The Hall–Kier alpha value is -4.71.